The van der Waals surface area contributed by atoms with Crippen LogP contribution < -0.4 is 25.4 Å². The number of benzene rings is 1. The van der Waals surface area contributed by atoms with E-state index in [1.165, 1.54) is 30.2 Å². The molecule has 0 bridgehead atoms. The van der Waals surface area contributed by atoms with Crippen molar-refractivity contribution in [3.8, 4) is 17.6 Å². The molecular weight excluding hydrogens is 593 g/mol. The Morgan fingerprint density at radius 3 is 2.62 bits per heavy atom. The van der Waals surface area contributed by atoms with Crippen LogP contribution in [-0.4, -0.2) is 41.9 Å². The summed E-state index contributed by atoms with van der Waals surface area (Å²) in [7, 11) is 3.08. The van der Waals surface area contributed by atoms with Gasteiger partial charge in [0.1, 0.15) is 5.82 Å². The van der Waals surface area contributed by atoms with Crippen LogP contribution in [0.2, 0.25) is 0 Å². The van der Waals surface area contributed by atoms with Crippen LogP contribution in [0.4, 0.5) is 10.8 Å². The maximum Gasteiger partial charge on any atom is 0.234 e. The number of nitriles is 1. The summed E-state index contributed by atoms with van der Waals surface area (Å²) in [6, 6.07) is 11.4. The van der Waals surface area contributed by atoms with E-state index < -0.39 is 5.92 Å². The number of hydrogen-bond acceptors (Lipinski definition) is 12. The van der Waals surface area contributed by atoms with Crippen molar-refractivity contribution in [2.75, 3.05) is 30.2 Å². The second kappa shape index (κ2) is 11.8. The molecule has 1 amide bonds. The Kier molecular flexibility index (Phi) is 8.32. The molecule has 0 saturated carbocycles. The first-order valence-electron chi connectivity index (χ1n) is 13.1. The molecule has 1 atom stereocenters. The average Bonchev–Trinajstić information content (AvgIpc) is 3.59. The van der Waals surface area contributed by atoms with Gasteiger partial charge in [-0.2, -0.15) is 5.26 Å². The van der Waals surface area contributed by atoms with Gasteiger partial charge in [0, 0.05) is 39.2 Å². The zero-order valence-electron chi connectivity index (χ0n) is 23.8. The summed E-state index contributed by atoms with van der Waals surface area (Å²) in [5, 5.41) is 22.2. The SMILES string of the molecule is COc1ccc(NC(=O)CSc2nnc(N3C(N)=C(C#N)C(c4ccc(C)s4)C4=C3CC(C)(C)CC4=O)s2)cc1OC. The lowest BCUT2D eigenvalue weighted by Gasteiger charge is -2.42. The molecule has 1 aliphatic heterocycles. The normalized spacial score (nSPS) is 18.0. The van der Waals surface area contributed by atoms with Gasteiger partial charge < -0.3 is 20.5 Å². The summed E-state index contributed by atoms with van der Waals surface area (Å²) in [6.07, 6.45) is 0.968. The summed E-state index contributed by atoms with van der Waals surface area (Å²) >= 11 is 4.05. The number of rotatable bonds is 8. The van der Waals surface area contributed by atoms with Crippen molar-refractivity contribution in [3.63, 3.8) is 0 Å². The van der Waals surface area contributed by atoms with Crippen molar-refractivity contribution in [1.29, 1.82) is 5.26 Å². The van der Waals surface area contributed by atoms with Crippen molar-refractivity contribution >= 4 is 56.9 Å². The van der Waals surface area contributed by atoms with E-state index in [2.05, 4.69) is 35.4 Å². The zero-order chi connectivity index (χ0) is 30.2. The van der Waals surface area contributed by atoms with Gasteiger partial charge in [-0.15, -0.1) is 21.5 Å². The van der Waals surface area contributed by atoms with Gasteiger partial charge in [-0.3, -0.25) is 14.5 Å². The number of amides is 1. The number of methoxy groups -OCH3 is 2. The molecule has 3 aromatic rings. The number of allylic oxidation sites excluding steroid dienone is 3. The molecule has 3 N–H and O–H groups in total. The van der Waals surface area contributed by atoms with E-state index in [0.717, 1.165) is 15.5 Å². The minimum Gasteiger partial charge on any atom is -0.493 e. The largest absolute Gasteiger partial charge is 0.493 e. The first kappa shape index (κ1) is 29.6. The fourth-order valence-corrected chi connectivity index (χ4v) is 7.89. The molecule has 10 nitrogen and oxygen atoms in total. The van der Waals surface area contributed by atoms with Gasteiger partial charge in [0.2, 0.25) is 11.0 Å². The van der Waals surface area contributed by atoms with E-state index in [-0.39, 0.29) is 28.7 Å². The molecule has 0 fully saturated rings. The molecule has 3 heterocycles. The number of thiophene rings is 1. The fraction of sp³-hybridized carbons (Fsp3) is 0.345. The molecule has 2 aromatic heterocycles. The van der Waals surface area contributed by atoms with Crippen molar-refractivity contribution in [2.45, 2.75) is 43.9 Å². The topological polar surface area (TPSA) is 143 Å². The molecule has 5 rings (SSSR count). The van der Waals surface area contributed by atoms with E-state index in [1.54, 1.807) is 41.5 Å². The van der Waals surface area contributed by atoms with Crippen LogP contribution in [-0.2, 0) is 9.59 Å². The Morgan fingerprint density at radius 1 is 1.19 bits per heavy atom. The number of nitrogens with two attached hydrogens (primary N) is 1. The van der Waals surface area contributed by atoms with Crippen LogP contribution in [0.15, 0.2) is 57.3 Å². The molecule has 1 aliphatic carbocycles. The number of nitrogens with zero attached hydrogens (tertiary/aromatic N) is 4. The number of ketones is 1. The Balaban J connectivity index is 1.41. The molecule has 0 spiro atoms. The molecule has 42 heavy (non-hydrogen) atoms. The van der Waals surface area contributed by atoms with Crippen LogP contribution in [0.3, 0.4) is 0 Å². The lowest BCUT2D eigenvalue weighted by atomic mass is 9.70. The lowest BCUT2D eigenvalue weighted by Crippen LogP contribution is -2.42. The van der Waals surface area contributed by atoms with E-state index in [9.17, 15) is 14.9 Å². The summed E-state index contributed by atoms with van der Waals surface area (Å²) in [6.45, 7) is 6.10. The summed E-state index contributed by atoms with van der Waals surface area (Å²) in [4.78, 5) is 30.1. The van der Waals surface area contributed by atoms with Crippen LogP contribution in [0, 0.1) is 23.7 Å². The predicted molar refractivity (Wildman–Crippen MR) is 165 cm³/mol. The van der Waals surface area contributed by atoms with Crippen LogP contribution >= 0.6 is 34.4 Å². The first-order chi connectivity index (χ1) is 20.0. The molecule has 2 aliphatic rings. The third kappa shape index (κ3) is 5.74. The molecular formula is C29H30N6O4S3. The number of Topliss-reactive ketones (excluding diaryl/α,β-unsaturated/α-hetero) is 1. The molecule has 1 unspecified atom stereocenters. The fourth-order valence-electron chi connectivity index (χ4n) is 5.21. The summed E-state index contributed by atoms with van der Waals surface area (Å²) < 4.78 is 11.1. The second-order valence-electron chi connectivity index (χ2n) is 10.7. The van der Waals surface area contributed by atoms with Crippen LogP contribution in [0.25, 0.3) is 0 Å². The molecule has 0 radical (unpaired) electrons. The minimum atomic E-state index is -0.509. The van der Waals surface area contributed by atoms with Gasteiger partial charge in [0.05, 0.1) is 37.5 Å². The second-order valence-corrected chi connectivity index (χ2v) is 14.2. The zero-order valence-corrected chi connectivity index (χ0v) is 26.3. The third-order valence-corrected chi connectivity index (χ3v) is 10.1. The standard InChI is InChI=1S/C29H30N6O4S3/c1-15-6-9-22(41-15)24-17(13-30)26(31)35(18-11-29(2,3)12-19(36)25(18)24)27-33-34-28(42-27)40-14-23(37)32-16-7-8-20(38-4)21(10-16)39-5/h6-10,24H,11-12,14,31H2,1-5H3,(H,32,37). The van der Waals surface area contributed by atoms with Crippen molar-refractivity contribution in [2.24, 2.45) is 11.1 Å². The first-order valence-corrected chi connectivity index (χ1v) is 15.7. The molecule has 0 saturated heterocycles. The Bertz CT molecular complexity index is 1670. The molecule has 218 valence electrons. The number of aromatic nitrogens is 2. The number of anilines is 2. The predicted octanol–water partition coefficient (Wildman–Crippen LogP) is 5.60. The minimum absolute atomic E-state index is 0.00787. The van der Waals surface area contributed by atoms with Gasteiger partial charge in [-0.25, -0.2) is 0 Å². The monoisotopic (exact) mass is 622 g/mol. The highest BCUT2D eigenvalue weighted by atomic mass is 32.2. The highest BCUT2D eigenvalue weighted by molar-refractivity contribution is 8.01. The Morgan fingerprint density at radius 2 is 1.95 bits per heavy atom. The number of nitrogens with one attached hydrogen (secondary N) is 1. The van der Waals surface area contributed by atoms with Crippen molar-refractivity contribution in [3.05, 3.63) is 62.8 Å². The number of hydrogen-bond donors (Lipinski definition) is 2. The number of ether oxygens (including phenoxy) is 2. The number of thioether (sulfide) groups is 1. The maximum atomic E-state index is 13.6. The van der Waals surface area contributed by atoms with E-state index in [0.29, 0.717) is 50.6 Å². The summed E-state index contributed by atoms with van der Waals surface area (Å²) in [5.41, 5.74) is 8.65. The number of carbonyl (C=O) groups excluding carboxylic acids is 2. The molecule has 1 aromatic carbocycles. The van der Waals surface area contributed by atoms with E-state index in [4.69, 9.17) is 15.2 Å². The van der Waals surface area contributed by atoms with Gasteiger partial charge in [0.25, 0.3) is 0 Å². The average molecular weight is 623 g/mol. The maximum absolute atomic E-state index is 13.6. The highest BCUT2D eigenvalue weighted by Gasteiger charge is 2.45. The van der Waals surface area contributed by atoms with Crippen LogP contribution in [0.1, 0.15) is 42.4 Å². The van der Waals surface area contributed by atoms with Gasteiger partial charge in [0.15, 0.2) is 21.6 Å². The summed E-state index contributed by atoms with van der Waals surface area (Å²) in [5.74, 6) is 0.685. The van der Waals surface area contributed by atoms with Crippen molar-refractivity contribution in [1.82, 2.24) is 10.2 Å². The van der Waals surface area contributed by atoms with Crippen molar-refractivity contribution < 1.29 is 19.1 Å². The number of carbonyl (C=O) groups is 2. The van der Waals surface area contributed by atoms with E-state index >= 15 is 0 Å². The molecule has 13 heteroatoms. The van der Waals surface area contributed by atoms with Gasteiger partial charge in [-0.1, -0.05) is 36.9 Å². The number of aryl methyl sites for hydroxylation is 1. The van der Waals surface area contributed by atoms with E-state index in [1.807, 2.05) is 19.1 Å². The smallest absolute Gasteiger partial charge is 0.234 e. The van der Waals surface area contributed by atoms with Gasteiger partial charge in [-0.05, 0) is 43.0 Å². The van der Waals surface area contributed by atoms with Gasteiger partial charge >= 0.3 is 0 Å². The third-order valence-electron chi connectivity index (χ3n) is 7.01. The highest BCUT2D eigenvalue weighted by Crippen LogP contribution is 2.51. The lowest BCUT2D eigenvalue weighted by molar-refractivity contribution is -0.118. The van der Waals surface area contributed by atoms with Crippen LogP contribution in [0.5, 0.6) is 11.5 Å². The Labute approximate surface area is 256 Å². The quantitative estimate of drug-likeness (QED) is 0.305. The Hall–Kier alpha value is -3.86.